The molecular formula is C15H28N2O. The third kappa shape index (κ3) is 2.87. The van der Waals surface area contributed by atoms with Crippen molar-refractivity contribution in [2.24, 2.45) is 17.3 Å². The number of nitrogens with one attached hydrogen (secondary N) is 2. The van der Waals surface area contributed by atoms with Crippen molar-refractivity contribution in [2.45, 2.75) is 52.4 Å². The van der Waals surface area contributed by atoms with Crippen LogP contribution in [-0.4, -0.2) is 25.5 Å². The Kier molecular flexibility index (Phi) is 4.66. The second-order valence-corrected chi connectivity index (χ2v) is 6.45. The highest BCUT2D eigenvalue weighted by molar-refractivity contribution is 5.83. The van der Waals surface area contributed by atoms with Crippen LogP contribution in [0.15, 0.2) is 0 Å². The third-order valence-electron chi connectivity index (χ3n) is 5.02. The smallest absolute Gasteiger partial charge is 0.227 e. The van der Waals surface area contributed by atoms with Crippen molar-refractivity contribution in [3.63, 3.8) is 0 Å². The first-order valence-corrected chi connectivity index (χ1v) is 7.64. The van der Waals surface area contributed by atoms with Gasteiger partial charge < -0.3 is 10.6 Å². The highest BCUT2D eigenvalue weighted by Gasteiger charge is 2.43. The molecule has 2 N–H and O–H groups in total. The van der Waals surface area contributed by atoms with Crippen molar-refractivity contribution in [1.82, 2.24) is 10.6 Å². The summed E-state index contributed by atoms with van der Waals surface area (Å²) in [5.41, 5.74) is -0.158. The van der Waals surface area contributed by atoms with Gasteiger partial charge in [-0.15, -0.1) is 0 Å². The number of hydrogen-bond acceptors (Lipinski definition) is 2. The molecule has 0 spiro atoms. The molecule has 1 saturated carbocycles. The van der Waals surface area contributed by atoms with Gasteiger partial charge in [0.05, 0.1) is 5.41 Å². The molecule has 1 saturated heterocycles. The lowest BCUT2D eigenvalue weighted by molar-refractivity contribution is -0.132. The predicted molar refractivity (Wildman–Crippen MR) is 74.3 cm³/mol. The molecule has 3 nitrogen and oxygen atoms in total. The molecule has 18 heavy (non-hydrogen) atoms. The molecule has 0 bridgehead atoms. The number of rotatable bonds is 4. The van der Waals surface area contributed by atoms with Crippen molar-refractivity contribution in [1.29, 1.82) is 0 Å². The van der Waals surface area contributed by atoms with E-state index in [1.807, 2.05) is 0 Å². The number of carbonyl (C=O) groups is 1. The zero-order valence-corrected chi connectivity index (χ0v) is 11.9. The Morgan fingerprint density at radius 3 is 2.61 bits per heavy atom. The van der Waals surface area contributed by atoms with Crippen LogP contribution < -0.4 is 10.6 Å². The van der Waals surface area contributed by atoms with E-state index in [0.717, 1.165) is 32.0 Å². The largest absolute Gasteiger partial charge is 0.355 e. The average Bonchev–Trinajstić information content (AvgIpc) is 2.88. The van der Waals surface area contributed by atoms with Crippen molar-refractivity contribution in [3.8, 4) is 0 Å². The lowest BCUT2D eigenvalue weighted by atomic mass is 9.75. The summed E-state index contributed by atoms with van der Waals surface area (Å²) in [4.78, 5) is 12.5. The van der Waals surface area contributed by atoms with E-state index < -0.39 is 0 Å². The van der Waals surface area contributed by atoms with Gasteiger partial charge in [0.15, 0.2) is 0 Å². The SMILES string of the molecule is CC(C)C1(C(=O)NCC2CCCCC2)CCNC1. The Bertz CT molecular complexity index is 276. The summed E-state index contributed by atoms with van der Waals surface area (Å²) in [5.74, 6) is 1.42. The number of hydrogen-bond donors (Lipinski definition) is 2. The number of carbonyl (C=O) groups excluding carboxylic acids is 1. The van der Waals surface area contributed by atoms with Crippen LogP contribution in [0.4, 0.5) is 0 Å². The summed E-state index contributed by atoms with van der Waals surface area (Å²) in [6.07, 6.45) is 7.65. The molecule has 0 aromatic carbocycles. The second kappa shape index (κ2) is 6.05. The summed E-state index contributed by atoms with van der Waals surface area (Å²) in [7, 11) is 0. The van der Waals surface area contributed by atoms with Gasteiger partial charge in [0, 0.05) is 13.1 Å². The molecule has 2 aliphatic rings. The van der Waals surface area contributed by atoms with Crippen LogP contribution >= 0.6 is 0 Å². The van der Waals surface area contributed by atoms with Crippen molar-refractivity contribution in [2.75, 3.05) is 19.6 Å². The average molecular weight is 252 g/mol. The van der Waals surface area contributed by atoms with E-state index in [9.17, 15) is 4.79 Å². The number of amides is 1. The lowest BCUT2D eigenvalue weighted by Gasteiger charge is -2.32. The molecule has 0 aromatic rings. The summed E-state index contributed by atoms with van der Waals surface area (Å²) >= 11 is 0. The van der Waals surface area contributed by atoms with Gasteiger partial charge in [0.2, 0.25) is 5.91 Å². The van der Waals surface area contributed by atoms with Crippen LogP contribution in [0.2, 0.25) is 0 Å². The zero-order valence-electron chi connectivity index (χ0n) is 11.9. The van der Waals surface area contributed by atoms with Crippen LogP contribution in [0.25, 0.3) is 0 Å². The molecule has 2 fully saturated rings. The Morgan fingerprint density at radius 1 is 1.33 bits per heavy atom. The van der Waals surface area contributed by atoms with E-state index in [-0.39, 0.29) is 11.3 Å². The van der Waals surface area contributed by atoms with E-state index in [4.69, 9.17) is 0 Å². The molecule has 1 atom stereocenters. The standard InChI is InChI=1S/C15H28N2O/c1-12(2)15(8-9-16-11-15)14(18)17-10-13-6-4-3-5-7-13/h12-13,16H,3-11H2,1-2H3,(H,17,18). The fourth-order valence-electron chi connectivity index (χ4n) is 3.46. The molecule has 2 rings (SSSR count). The van der Waals surface area contributed by atoms with Crippen molar-refractivity contribution >= 4 is 5.91 Å². The van der Waals surface area contributed by atoms with Crippen LogP contribution in [0.1, 0.15) is 52.4 Å². The van der Waals surface area contributed by atoms with Gasteiger partial charge in [0.25, 0.3) is 0 Å². The van der Waals surface area contributed by atoms with Crippen LogP contribution in [0.3, 0.4) is 0 Å². The topological polar surface area (TPSA) is 41.1 Å². The van der Waals surface area contributed by atoms with Crippen LogP contribution in [0.5, 0.6) is 0 Å². The summed E-state index contributed by atoms with van der Waals surface area (Å²) in [6, 6.07) is 0. The Hall–Kier alpha value is -0.570. The first-order valence-electron chi connectivity index (χ1n) is 7.64. The third-order valence-corrected chi connectivity index (χ3v) is 5.02. The van der Waals surface area contributed by atoms with Gasteiger partial charge in [0.1, 0.15) is 0 Å². The Balaban J connectivity index is 1.85. The molecule has 0 radical (unpaired) electrons. The van der Waals surface area contributed by atoms with Crippen LogP contribution in [-0.2, 0) is 4.79 Å². The van der Waals surface area contributed by atoms with E-state index in [1.54, 1.807) is 0 Å². The van der Waals surface area contributed by atoms with Gasteiger partial charge in [-0.1, -0.05) is 33.1 Å². The van der Waals surface area contributed by atoms with Gasteiger partial charge >= 0.3 is 0 Å². The fourth-order valence-corrected chi connectivity index (χ4v) is 3.46. The van der Waals surface area contributed by atoms with E-state index in [1.165, 1.54) is 32.1 Å². The molecule has 3 heteroatoms. The Morgan fingerprint density at radius 2 is 2.06 bits per heavy atom. The quantitative estimate of drug-likeness (QED) is 0.806. The monoisotopic (exact) mass is 252 g/mol. The van der Waals surface area contributed by atoms with E-state index >= 15 is 0 Å². The van der Waals surface area contributed by atoms with Gasteiger partial charge in [-0.05, 0) is 37.6 Å². The molecule has 1 amide bonds. The summed E-state index contributed by atoms with van der Waals surface area (Å²) < 4.78 is 0. The highest BCUT2D eigenvalue weighted by Crippen LogP contribution is 2.34. The maximum atomic E-state index is 12.5. The zero-order chi connectivity index (χ0) is 13.0. The lowest BCUT2D eigenvalue weighted by Crippen LogP contribution is -2.47. The minimum atomic E-state index is -0.158. The minimum Gasteiger partial charge on any atom is -0.355 e. The molecule has 1 heterocycles. The van der Waals surface area contributed by atoms with E-state index in [2.05, 4.69) is 24.5 Å². The minimum absolute atomic E-state index is 0.158. The van der Waals surface area contributed by atoms with Crippen molar-refractivity contribution < 1.29 is 4.79 Å². The normalized spacial score (nSPS) is 29.7. The van der Waals surface area contributed by atoms with Gasteiger partial charge in [-0.3, -0.25) is 4.79 Å². The molecular weight excluding hydrogens is 224 g/mol. The first-order chi connectivity index (χ1) is 8.65. The maximum Gasteiger partial charge on any atom is 0.227 e. The first kappa shape index (κ1) is 13.9. The highest BCUT2D eigenvalue weighted by atomic mass is 16.2. The van der Waals surface area contributed by atoms with Crippen LogP contribution in [0, 0.1) is 17.3 Å². The molecule has 104 valence electrons. The summed E-state index contributed by atoms with van der Waals surface area (Å²) in [6.45, 7) is 7.07. The molecule has 0 aromatic heterocycles. The van der Waals surface area contributed by atoms with E-state index in [0.29, 0.717) is 5.92 Å². The van der Waals surface area contributed by atoms with Gasteiger partial charge in [-0.25, -0.2) is 0 Å². The Labute approximate surface area is 111 Å². The molecule has 1 aliphatic heterocycles. The predicted octanol–water partition coefficient (Wildman–Crippen LogP) is 2.32. The fraction of sp³-hybridized carbons (Fsp3) is 0.933. The maximum absolute atomic E-state index is 12.5. The molecule has 1 aliphatic carbocycles. The van der Waals surface area contributed by atoms with Crippen molar-refractivity contribution in [3.05, 3.63) is 0 Å². The van der Waals surface area contributed by atoms with Gasteiger partial charge in [-0.2, -0.15) is 0 Å². The summed E-state index contributed by atoms with van der Waals surface area (Å²) in [5, 5.41) is 6.59. The molecule has 1 unspecified atom stereocenters. The second-order valence-electron chi connectivity index (χ2n) is 6.45.